The Balaban J connectivity index is 2.32. The Kier molecular flexibility index (Phi) is 3.74. The van der Waals surface area contributed by atoms with Gasteiger partial charge in [0.2, 0.25) is 0 Å². The second-order valence-electron chi connectivity index (χ2n) is 4.35. The zero-order valence-corrected chi connectivity index (χ0v) is 13.6. The van der Waals surface area contributed by atoms with E-state index in [4.69, 9.17) is 10.8 Å². The number of nitrogens with two attached hydrogens (primary N) is 1. The summed E-state index contributed by atoms with van der Waals surface area (Å²) in [5.74, 6) is 5.65. The van der Waals surface area contributed by atoms with Crippen molar-refractivity contribution in [2.75, 3.05) is 5.43 Å². The minimum absolute atomic E-state index is 0.843. The number of fused-ring (bicyclic) bond motifs is 1. The average Bonchev–Trinajstić information content (AvgIpc) is 2.47. The van der Waals surface area contributed by atoms with E-state index in [2.05, 4.69) is 37.3 Å². The summed E-state index contributed by atoms with van der Waals surface area (Å²) in [6.07, 6.45) is 0. The largest absolute Gasteiger partial charge is 0.323 e. The second-order valence-corrected chi connectivity index (χ2v) is 6.12. The molecule has 5 heteroatoms. The molecule has 0 amide bonds. The van der Waals surface area contributed by atoms with Crippen molar-refractivity contribution in [1.29, 1.82) is 0 Å². The van der Waals surface area contributed by atoms with Crippen LogP contribution >= 0.6 is 31.9 Å². The Morgan fingerprint density at radius 3 is 2.45 bits per heavy atom. The predicted octanol–water partition coefficient (Wildman–Crippen LogP) is 4.71. The smallest absolute Gasteiger partial charge is 0.0873 e. The summed E-state index contributed by atoms with van der Waals surface area (Å²) in [5, 5.41) is 0.966. The second kappa shape index (κ2) is 5.52. The van der Waals surface area contributed by atoms with E-state index in [-0.39, 0.29) is 0 Å². The number of pyridine rings is 1. The van der Waals surface area contributed by atoms with E-state index < -0.39 is 0 Å². The highest BCUT2D eigenvalue weighted by Crippen LogP contribution is 2.34. The molecule has 100 valence electrons. The van der Waals surface area contributed by atoms with Gasteiger partial charge in [0.15, 0.2) is 0 Å². The fourth-order valence-electron chi connectivity index (χ4n) is 2.13. The van der Waals surface area contributed by atoms with Gasteiger partial charge in [-0.1, -0.05) is 46.3 Å². The van der Waals surface area contributed by atoms with Gasteiger partial charge in [0.1, 0.15) is 0 Å². The average molecular weight is 393 g/mol. The third-order valence-corrected chi connectivity index (χ3v) is 4.12. The van der Waals surface area contributed by atoms with Crippen LogP contribution in [0.3, 0.4) is 0 Å². The minimum atomic E-state index is 0.843. The maximum atomic E-state index is 5.65. The van der Waals surface area contributed by atoms with E-state index in [1.807, 2.05) is 48.5 Å². The molecule has 0 unspecified atom stereocenters. The molecule has 0 aliphatic heterocycles. The van der Waals surface area contributed by atoms with Crippen molar-refractivity contribution in [3.63, 3.8) is 0 Å². The van der Waals surface area contributed by atoms with Crippen molar-refractivity contribution in [2.24, 2.45) is 5.84 Å². The van der Waals surface area contributed by atoms with E-state index in [9.17, 15) is 0 Å². The first kappa shape index (κ1) is 13.5. The monoisotopic (exact) mass is 391 g/mol. The van der Waals surface area contributed by atoms with Crippen molar-refractivity contribution in [1.82, 2.24) is 4.98 Å². The number of nitrogen functional groups attached to an aromatic ring is 1. The van der Waals surface area contributed by atoms with Crippen LogP contribution in [0.25, 0.3) is 22.2 Å². The Hall–Kier alpha value is -1.43. The van der Waals surface area contributed by atoms with Crippen LogP contribution in [0.2, 0.25) is 0 Å². The van der Waals surface area contributed by atoms with Gasteiger partial charge in [0, 0.05) is 19.9 Å². The number of benzene rings is 2. The van der Waals surface area contributed by atoms with Crippen molar-refractivity contribution in [3.8, 4) is 11.3 Å². The van der Waals surface area contributed by atoms with Crippen LogP contribution in [-0.2, 0) is 0 Å². The summed E-state index contributed by atoms with van der Waals surface area (Å²) >= 11 is 7.04. The maximum Gasteiger partial charge on any atom is 0.0873 e. The normalized spacial score (nSPS) is 10.8. The molecule has 0 aliphatic carbocycles. The summed E-state index contributed by atoms with van der Waals surface area (Å²) < 4.78 is 1.90. The highest BCUT2D eigenvalue weighted by Gasteiger charge is 2.10. The van der Waals surface area contributed by atoms with Crippen LogP contribution in [0.15, 0.2) is 57.5 Å². The molecule has 0 bridgehead atoms. The molecule has 3 aromatic rings. The molecule has 0 atom stereocenters. The third-order valence-electron chi connectivity index (χ3n) is 3.06. The Bertz CT molecular complexity index is 773. The Labute approximate surface area is 133 Å². The van der Waals surface area contributed by atoms with E-state index in [1.165, 1.54) is 0 Å². The van der Waals surface area contributed by atoms with Crippen LogP contribution < -0.4 is 11.3 Å². The highest BCUT2D eigenvalue weighted by molar-refractivity contribution is 9.11. The first-order chi connectivity index (χ1) is 9.69. The quantitative estimate of drug-likeness (QED) is 0.490. The molecule has 20 heavy (non-hydrogen) atoms. The molecule has 1 aromatic heterocycles. The molecule has 3 N–H and O–H groups in total. The van der Waals surface area contributed by atoms with Gasteiger partial charge in [0.25, 0.3) is 0 Å². The molecule has 3 rings (SSSR count). The van der Waals surface area contributed by atoms with Crippen LogP contribution in [0, 0.1) is 0 Å². The van der Waals surface area contributed by atoms with E-state index >= 15 is 0 Å². The van der Waals surface area contributed by atoms with Gasteiger partial charge in [-0.2, -0.15) is 0 Å². The molecule has 2 aromatic carbocycles. The maximum absolute atomic E-state index is 5.65. The van der Waals surface area contributed by atoms with E-state index in [0.717, 1.165) is 36.8 Å². The molecular weight excluding hydrogens is 382 g/mol. The van der Waals surface area contributed by atoms with Crippen LogP contribution in [-0.4, -0.2) is 4.98 Å². The van der Waals surface area contributed by atoms with Crippen LogP contribution in [0.5, 0.6) is 0 Å². The lowest BCUT2D eigenvalue weighted by molar-refractivity contribution is 1.33. The number of rotatable bonds is 2. The molecule has 1 heterocycles. The van der Waals surface area contributed by atoms with Gasteiger partial charge in [-0.25, -0.2) is 4.98 Å². The van der Waals surface area contributed by atoms with Gasteiger partial charge < -0.3 is 5.43 Å². The molecule has 0 aliphatic rings. The molecular formula is C15H11Br2N3. The highest BCUT2D eigenvalue weighted by atomic mass is 79.9. The number of hydrogen-bond acceptors (Lipinski definition) is 3. The number of aromatic nitrogens is 1. The van der Waals surface area contributed by atoms with E-state index in [0.29, 0.717) is 0 Å². The van der Waals surface area contributed by atoms with Crippen molar-refractivity contribution in [2.45, 2.75) is 0 Å². The summed E-state index contributed by atoms with van der Waals surface area (Å²) in [6.45, 7) is 0. The first-order valence-corrected chi connectivity index (χ1v) is 7.59. The predicted molar refractivity (Wildman–Crippen MR) is 90.4 cm³/mol. The number of nitrogens with one attached hydrogen (secondary N) is 1. The molecule has 0 saturated heterocycles. The number of halogens is 2. The standard InChI is InChI=1S/C15H11Br2N3/c16-10-6-11-14(20-18)8-13(9-4-2-1-3-5-9)19-15(11)12(17)7-10/h1-8H,18H2,(H,19,20). The zero-order chi connectivity index (χ0) is 14.1. The van der Waals surface area contributed by atoms with Crippen molar-refractivity contribution in [3.05, 3.63) is 57.5 Å². The number of hydrogen-bond donors (Lipinski definition) is 2. The molecule has 0 radical (unpaired) electrons. The summed E-state index contributed by atoms with van der Waals surface area (Å²) in [6, 6.07) is 16.0. The SMILES string of the molecule is NNc1cc(-c2ccccc2)nc2c(Br)cc(Br)cc12. The van der Waals surface area contributed by atoms with Gasteiger partial charge in [-0.3, -0.25) is 5.84 Å². The number of anilines is 1. The molecule has 0 fully saturated rings. The molecule has 3 nitrogen and oxygen atoms in total. The summed E-state index contributed by atoms with van der Waals surface area (Å²) in [7, 11) is 0. The first-order valence-electron chi connectivity index (χ1n) is 6.01. The van der Waals surface area contributed by atoms with Gasteiger partial charge >= 0.3 is 0 Å². The third kappa shape index (κ3) is 2.44. The Morgan fingerprint density at radius 1 is 1.00 bits per heavy atom. The number of hydrazine groups is 1. The molecule has 0 saturated carbocycles. The Morgan fingerprint density at radius 2 is 1.75 bits per heavy atom. The fourth-order valence-corrected chi connectivity index (χ4v) is 3.44. The van der Waals surface area contributed by atoms with Crippen LogP contribution in [0.1, 0.15) is 0 Å². The number of nitrogens with zero attached hydrogens (tertiary/aromatic N) is 1. The van der Waals surface area contributed by atoms with Gasteiger partial charge in [-0.05, 0) is 34.1 Å². The van der Waals surface area contributed by atoms with Gasteiger partial charge in [-0.15, -0.1) is 0 Å². The minimum Gasteiger partial charge on any atom is -0.323 e. The lowest BCUT2D eigenvalue weighted by atomic mass is 10.1. The lowest BCUT2D eigenvalue weighted by Crippen LogP contribution is -2.08. The lowest BCUT2D eigenvalue weighted by Gasteiger charge is -2.11. The molecule has 0 spiro atoms. The van der Waals surface area contributed by atoms with Gasteiger partial charge in [0.05, 0.1) is 16.9 Å². The van der Waals surface area contributed by atoms with Crippen LogP contribution in [0.4, 0.5) is 5.69 Å². The topological polar surface area (TPSA) is 50.9 Å². The van der Waals surface area contributed by atoms with Crippen molar-refractivity contribution < 1.29 is 0 Å². The zero-order valence-electron chi connectivity index (χ0n) is 10.4. The summed E-state index contributed by atoms with van der Waals surface area (Å²) in [5.41, 5.74) is 6.41. The summed E-state index contributed by atoms with van der Waals surface area (Å²) in [4.78, 5) is 4.73. The van der Waals surface area contributed by atoms with E-state index in [1.54, 1.807) is 0 Å². The fraction of sp³-hybridized carbons (Fsp3) is 0. The van der Waals surface area contributed by atoms with Crippen molar-refractivity contribution >= 4 is 48.5 Å².